The van der Waals surface area contributed by atoms with Gasteiger partial charge in [-0.05, 0) is 36.4 Å². The van der Waals surface area contributed by atoms with E-state index in [1.807, 2.05) is 6.07 Å². The van der Waals surface area contributed by atoms with Gasteiger partial charge in [-0.2, -0.15) is 5.26 Å². The standard InChI is InChI=1S/C16H15N3O3S/c17-12-13-6-8-14(9-7-13)19-16(20)10-11-18-23(21,22)15-4-2-1-3-5-15/h1-9,18H,10-11H2,(H,19,20). The molecule has 6 nitrogen and oxygen atoms in total. The first-order chi connectivity index (χ1) is 11.0. The Morgan fingerprint density at radius 1 is 1.04 bits per heavy atom. The zero-order valence-electron chi connectivity index (χ0n) is 12.2. The van der Waals surface area contributed by atoms with E-state index in [2.05, 4.69) is 10.0 Å². The lowest BCUT2D eigenvalue weighted by Gasteiger charge is -2.07. The Morgan fingerprint density at radius 3 is 2.30 bits per heavy atom. The van der Waals surface area contributed by atoms with E-state index >= 15 is 0 Å². The molecule has 0 unspecified atom stereocenters. The summed E-state index contributed by atoms with van der Waals surface area (Å²) in [5.74, 6) is -0.314. The number of anilines is 1. The maximum Gasteiger partial charge on any atom is 0.240 e. The average molecular weight is 329 g/mol. The summed E-state index contributed by atoms with van der Waals surface area (Å²) >= 11 is 0. The predicted molar refractivity (Wildman–Crippen MR) is 86.0 cm³/mol. The van der Waals surface area contributed by atoms with Crippen molar-refractivity contribution in [3.63, 3.8) is 0 Å². The third kappa shape index (κ3) is 4.92. The molecular weight excluding hydrogens is 314 g/mol. The molecule has 118 valence electrons. The molecule has 0 saturated heterocycles. The zero-order chi connectivity index (χ0) is 16.7. The quantitative estimate of drug-likeness (QED) is 0.845. The van der Waals surface area contributed by atoms with E-state index in [4.69, 9.17) is 5.26 Å². The van der Waals surface area contributed by atoms with Crippen LogP contribution in [0.5, 0.6) is 0 Å². The number of sulfonamides is 1. The summed E-state index contributed by atoms with van der Waals surface area (Å²) in [6.45, 7) is -0.000655. The van der Waals surface area contributed by atoms with Crippen LogP contribution in [-0.4, -0.2) is 20.9 Å². The number of carbonyl (C=O) groups excluding carboxylic acids is 1. The Morgan fingerprint density at radius 2 is 1.70 bits per heavy atom. The predicted octanol–water partition coefficient (Wildman–Crippen LogP) is 1.87. The van der Waals surface area contributed by atoms with E-state index in [0.717, 1.165) is 0 Å². The van der Waals surface area contributed by atoms with Crippen LogP contribution in [0.15, 0.2) is 59.5 Å². The molecule has 0 bridgehead atoms. The van der Waals surface area contributed by atoms with Crippen LogP contribution in [0.25, 0.3) is 0 Å². The van der Waals surface area contributed by atoms with E-state index in [9.17, 15) is 13.2 Å². The smallest absolute Gasteiger partial charge is 0.240 e. The number of rotatable bonds is 6. The molecule has 7 heteroatoms. The van der Waals surface area contributed by atoms with Crippen molar-refractivity contribution in [1.82, 2.24) is 4.72 Å². The highest BCUT2D eigenvalue weighted by Crippen LogP contribution is 2.09. The van der Waals surface area contributed by atoms with Crippen molar-refractivity contribution >= 4 is 21.6 Å². The molecule has 2 aromatic rings. The van der Waals surface area contributed by atoms with Crippen LogP contribution >= 0.6 is 0 Å². The van der Waals surface area contributed by atoms with Gasteiger partial charge in [-0.3, -0.25) is 4.79 Å². The summed E-state index contributed by atoms with van der Waals surface area (Å²) in [5, 5.41) is 11.3. The third-order valence-electron chi connectivity index (χ3n) is 3.00. The second-order valence-electron chi connectivity index (χ2n) is 4.70. The van der Waals surface area contributed by atoms with Gasteiger partial charge >= 0.3 is 0 Å². The first-order valence-corrected chi connectivity index (χ1v) is 8.34. The van der Waals surface area contributed by atoms with Crippen molar-refractivity contribution in [3.05, 3.63) is 60.2 Å². The molecule has 2 N–H and O–H groups in total. The number of amides is 1. The molecule has 2 aromatic carbocycles. The van der Waals surface area contributed by atoms with E-state index in [1.165, 1.54) is 12.1 Å². The number of nitrogens with zero attached hydrogens (tertiary/aromatic N) is 1. The van der Waals surface area contributed by atoms with E-state index < -0.39 is 10.0 Å². The maximum atomic E-state index is 12.0. The second-order valence-corrected chi connectivity index (χ2v) is 6.47. The number of hydrogen-bond acceptors (Lipinski definition) is 4. The van der Waals surface area contributed by atoms with E-state index in [-0.39, 0.29) is 23.8 Å². The fourth-order valence-corrected chi connectivity index (χ4v) is 2.89. The van der Waals surface area contributed by atoms with Gasteiger partial charge in [0.05, 0.1) is 16.5 Å². The lowest BCUT2D eigenvalue weighted by atomic mass is 10.2. The van der Waals surface area contributed by atoms with Gasteiger partial charge in [-0.1, -0.05) is 18.2 Å². The minimum Gasteiger partial charge on any atom is -0.326 e. The monoisotopic (exact) mass is 329 g/mol. The van der Waals surface area contributed by atoms with Crippen molar-refractivity contribution in [3.8, 4) is 6.07 Å². The SMILES string of the molecule is N#Cc1ccc(NC(=O)CCNS(=O)(=O)c2ccccc2)cc1. The molecule has 0 heterocycles. The van der Waals surface area contributed by atoms with Gasteiger partial charge in [0.15, 0.2) is 0 Å². The molecule has 0 fully saturated rings. The molecule has 0 aliphatic carbocycles. The molecule has 0 saturated carbocycles. The lowest BCUT2D eigenvalue weighted by Crippen LogP contribution is -2.27. The Hall–Kier alpha value is -2.69. The highest BCUT2D eigenvalue weighted by atomic mass is 32.2. The molecule has 0 aliphatic rings. The molecule has 0 radical (unpaired) electrons. The van der Waals surface area contributed by atoms with Crippen LogP contribution < -0.4 is 10.0 Å². The molecule has 23 heavy (non-hydrogen) atoms. The lowest BCUT2D eigenvalue weighted by molar-refractivity contribution is -0.116. The number of nitrogens with one attached hydrogen (secondary N) is 2. The van der Waals surface area contributed by atoms with Crippen LogP contribution in [0.3, 0.4) is 0 Å². The van der Waals surface area contributed by atoms with Crippen molar-refractivity contribution in [1.29, 1.82) is 5.26 Å². The Labute approximate surface area is 134 Å². The van der Waals surface area contributed by atoms with Crippen LogP contribution in [0, 0.1) is 11.3 Å². The molecule has 0 atom stereocenters. The van der Waals surface area contributed by atoms with Gasteiger partial charge in [0.2, 0.25) is 15.9 Å². The Balaban J connectivity index is 1.84. The maximum absolute atomic E-state index is 12.0. The third-order valence-corrected chi connectivity index (χ3v) is 4.47. The van der Waals surface area contributed by atoms with Crippen molar-refractivity contribution in [2.24, 2.45) is 0 Å². The van der Waals surface area contributed by atoms with Crippen LogP contribution in [0.2, 0.25) is 0 Å². The molecule has 0 aliphatic heterocycles. The second kappa shape index (κ2) is 7.54. The molecule has 1 amide bonds. The molecule has 2 rings (SSSR count). The van der Waals surface area contributed by atoms with E-state index in [1.54, 1.807) is 42.5 Å². The topological polar surface area (TPSA) is 99.1 Å². The zero-order valence-corrected chi connectivity index (χ0v) is 13.0. The van der Waals surface area contributed by atoms with Gasteiger partial charge in [0.1, 0.15) is 0 Å². The summed E-state index contributed by atoms with van der Waals surface area (Å²) in [5.41, 5.74) is 1.05. The van der Waals surface area contributed by atoms with Gasteiger partial charge < -0.3 is 5.32 Å². The Kier molecular flexibility index (Phi) is 5.46. The summed E-state index contributed by atoms with van der Waals surface area (Å²) in [7, 11) is -3.60. The average Bonchev–Trinajstić information content (AvgIpc) is 2.56. The van der Waals surface area contributed by atoms with Gasteiger partial charge in [0, 0.05) is 18.7 Å². The minimum absolute atomic E-state index is 0.000655. The van der Waals surface area contributed by atoms with Crippen molar-refractivity contribution in [2.45, 2.75) is 11.3 Å². The number of hydrogen-bond donors (Lipinski definition) is 2. The van der Waals surface area contributed by atoms with Crippen molar-refractivity contribution < 1.29 is 13.2 Å². The number of benzene rings is 2. The largest absolute Gasteiger partial charge is 0.326 e. The van der Waals surface area contributed by atoms with E-state index in [0.29, 0.717) is 11.3 Å². The fourth-order valence-electron chi connectivity index (χ4n) is 1.83. The summed E-state index contributed by atoms with van der Waals surface area (Å²) in [6.07, 6.45) is 0.00602. The summed E-state index contributed by atoms with van der Waals surface area (Å²) < 4.78 is 26.3. The van der Waals surface area contributed by atoms with Gasteiger partial charge in [-0.15, -0.1) is 0 Å². The highest BCUT2D eigenvalue weighted by molar-refractivity contribution is 7.89. The normalized spacial score (nSPS) is 10.7. The highest BCUT2D eigenvalue weighted by Gasteiger charge is 2.13. The van der Waals surface area contributed by atoms with Gasteiger partial charge in [0.25, 0.3) is 0 Å². The Bertz CT molecular complexity index is 810. The first-order valence-electron chi connectivity index (χ1n) is 6.86. The summed E-state index contributed by atoms with van der Waals surface area (Å²) in [6, 6.07) is 16.4. The minimum atomic E-state index is -3.60. The van der Waals surface area contributed by atoms with Crippen LogP contribution in [0.1, 0.15) is 12.0 Å². The van der Waals surface area contributed by atoms with Crippen molar-refractivity contribution in [2.75, 3.05) is 11.9 Å². The molecule has 0 spiro atoms. The fraction of sp³-hybridized carbons (Fsp3) is 0.125. The van der Waals surface area contributed by atoms with Gasteiger partial charge in [-0.25, -0.2) is 13.1 Å². The number of carbonyl (C=O) groups is 1. The molecular formula is C16H15N3O3S. The number of nitriles is 1. The van der Waals surface area contributed by atoms with Crippen LogP contribution in [-0.2, 0) is 14.8 Å². The summed E-state index contributed by atoms with van der Waals surface area (Å²) in [4.78, 5) is 11.9. The van der Waals surface area contributed by atoms with Crippen LogP contribution in [0.4, 0.5) is 5.69 Å². The molecule has 0 aromatic heterocycles. The first kappa shape index (κ1) is 16.7.